The van der Waals surface area contributed by atoms with Gasteiger partial charge in [-0.1, -0.05) is 22.0 Å². The standard InChI is InChI=1S/C20H17BrF2N2O2S/c1-24-8-6-13(7-9-24)18-12-25(20-17(18)10-15(22)11-19(20)23)28(26,27)16-4-2-14(21)3-5-16/h2-6,10-12H,7-9H2,1H3. The fourth-order valence-electron chi connectivity index (χ4n) is 3.43. The topological polar surface area (TPSA) is 42.3 Å². The Labute approximate surface area is 170 Å². The Bertz CT molecular complexity index is 1200. The van der Waals surface area contributed by atoms with Crippen molar-refractivity contribution in [3.63, 3.8) is 0 Å². The molecule has 0 bridgehead atoms. The summed E-state index contributed by atoms with van der Waals surface area (Å²) >= 11 is 3.27. The Kier molecular flexibility index (Phi) is 4.89. The van der Waals surface area contributed by atoms with Crippen molar-refractivity contribution in [1.29, 1.82) is 0 Å². The molecule has 0 radical (unpaired) electrons. The van der Waals surface area contributed by atoms with Gasteiger partial charge in [0.1, 0.15) is 11.3 Å². The number of likely N-dealkylation sites (N-methyl/N-ethyl adjacent to an activating group) is 1. The maximum absolute atomic E-state index is 14.7. The van der Waals surface area contributed by atoms with Crippen LogP contribution in [0.1, 0.15) is 12.0 Å². The second-order valence-electron chi connectivity index (χ2n) is 6.82. The van der Waals surface area contributed by atoms with Gasteiger partial charge in [0.25, 0.3) is 10.0 Å². The minimum atomic E-state index is -4.05. The molecule has 4 rings (SSSR count). The second kappa shape index (κ2) is 7.09. The Hall–Kier alpha value is -2.03. The van der Waals surface area contributed by atoms with E-state index in [1.807, 2.05) is 13.1 Å². The van der Waals surface area contributed by atoms with Crippen molar-refractivity contribution in [2.75, 3.05) is 20.1 Å². The van der Waals surface area contributed by atoms with E-state index in [1.165, 1.54) is 24.4 Å². The first-order chi connectivity index (χ1) is 13.3. The highest BCUT2D eigenvalue weighted by atomic mass is 79.9. The van der Waals surface area contributed by atoms with Gasteiger partial charge in [-0.3, -0.25) is 0 Å². The van der Waals surface area contributed by atoms with Crippen molar-refractivity contribution >= 4 is 42.4 Å². The molecule has 0 amide bonds. The van der Waals surface area contributed by atoms with E-state index in [2.05, 4.69) is 20.8 Å². The minimum Gasteiger partial charge on any atom is -0.302 e. The summed E-state index contributed by atoms with van der Waals surface area (Å²) < 4.78 is 56.7. The predicted octanol–water partition coefficient (Wildman–Crippen LogP) is 4.64. The third kappa shape index (κ3) is 3.29. The normalized spacial score (nSPS) is 15.8. The summed E-state index contributed by atoms with van der Waals surface area (Å²) in [5, 5.41) is 0.258. The molecule has 0 N–H and O–H groups in total. The molecule has 1 aliphatic rings. The fourth-order valence-corrected chi connectivity index (χ4v) is 5.07. The van der Waals surface area contributed by atoms with Gasteiger partial charge in [-0.05, 0) is 49.4 Å². The average Bonchev–Trinajstić information content (AvgIpc) is 3.03. The fraction of sp³-hybridized carbons (Fsp3) is 0.200. The smallest absolute Gasteiger partial charge is 0.268 e. The van der Waals surface area contributed by atoms with Crippen molar-refractivity contribution in [3.05, 3.63) is 70.3 Å². The van der Waals surface area contributed by atoms with Gasteiger partial charge < -0.3 is 4.90 Å². The maximum atomic E-state index is 14.7. The molecule has 0 fully saturated rings. The quantitative estimate of drug-likeness (QED) is 0.564. The van der Waals surface area contributed by atoms with Crippen molar-refractivity contribution in [3.8, 4) is 0 Å². The summed E-state index contributed by atoms with van der Waals surface area (Å²) in [7, 11) is -2.07. The van der Waals surface area contributed by atoms with Crippen LogP contribution in [0.15, 0.2) is 58.0 Å². The zero-order chi connectivity index (χ0) is 20.1. The zero-order valence-electron chi connectivity index (χ0n) is 15.0. The van der Waals surface area contributed by atoms with Crippen LogP contribution in [0.25, 0.3) is 16.5 Å². The molecular formula is C20H17BrF2N2O2S. The number of benzene rings is 2. The molecule has 1 aromatic heterocycles. The number of hydrogen-bond acceptors (Lipinski definition) is 3. The Morgan fingerprint density at radius 2 is 1.82 bits per heavy atom. The van der Waals surface area contributed by atoms with Crippen LogP contribution in [0.3, 0.4) is 0 Å². The average molecular weight is 467 g/mol. The number of halogens is 3. The van der Waals surface area contributed by atoms with Crippen molar-refractivity contribution < 1.29 is 17.2 Å². The van der Waals surface area contributed by atoms with Gasteiger partial charge in [-0.2, -0.15) is 0 Å². The molecule has 4 nitrogen and oxygen atoms in total. The third-order valence-electron chi connectivity index (χ3n) is 4.91. The first-order valence-electron chi connectivity index (χ1n) is 8.66. The van der Waals surface area contributed by atoms with Gasteiger partial charge in [0, 0.05) is 40.8 Å². The van der Waals surface area contributed by atoms with Gasteiger partial charge in [0.2, 0.25) is 0 Å². The molecule has 0 aliphatic carbocycles. The molecule has 3 aromatic rings. The van der Waals surface area contributed by atoms with E-state index in [0.29, 0.717) is 24.6 Å². The molecule has 2 heterocycles. The van der Waals surface area contributed by atoms with Crippen LogP contribution in [-0.2, 0) is 10.0 Å². The third-order valence-corrected chi connectivity index (χ3v) is 7.12. The SMILES string of the molecule is CN1CC=C(c2cn(S(=O)(=O)c3ccc(Br)cc3)c3c(F)cc(F)cc23)CC1. The monoisotopic (exact) mass is 466 g/mol. The molecule has 146 valence electrons. The van der Waals surface area contributed by atoms with E-state index in [9.17, 15) is 17.2 Å². The summed E-state index contributed by atoms with van der Waals surface area (Å²) in [5.74, 6) is -1.64. The lowest BCUT2D eigenvalue weighted by Gasteiger charge is -2.21. The van der Waals surface area contributed by atoms with Crippen LogP contribution in [-0.4, -0.2) is 37.4 Å². The van der Waals surface area contributed by atoms with Gasteiger partial charge in [-0.25, -0.2) is 21.2 Å². The number of rotatable bonds is 3. The second-order valence-corrected chi connectivity index (χ2v) is 9.55. The van der Waals surface area contributed by atoms with Crippen LogP contribution in [0, 0.1) is 11.6 Å². The molecule has 2 aromatic carbocycles. The van der Waals surface area contributed by atoms with E-state index in [0.717, 1.165) is 20.6 Å². The molecule has 1 aliphatic heterocycles. The van der Waals surface area contributed by atoms with Gasteiger partial charge in [-0.15, -0.1) is 0 Å². The molecule has 0 saturated carbocycles. The minimum absolute atomic E-state index is 0.0280. The lowest BCUT2D eigenvalue weighted by atomic mass is 9.99. The zero-order valence-corrected chi connectivity index (χ0v) is 17.4. The van der Waals surface area contributed by atoms with E-state index < -0.39 is 21.7 Å². The molecule has 8 heteroatoms. The van der Waals surface area contributed by atoms with Crippen molar-refractivity contribution in [1.82, 2.24) is 8.87 Å². The van der Waals surface area contributed by atoms with Gasteiger partial charge in [0.05, 0.1) is 4.90 Å². The Morgan fingerprint density at radius 1 is 1.11 bits per heavy atom. The van der Waals surface area contributed by atoms with Gasteiger partial charge >= 0.3 is 0 Å². The van der Waals surface area contributed by atoms with E-state index in [1.54, 1.807) is 12.1 Å². The summed E-state index contributed by atoms with van der Waals surface area (Å²) in [6, 6.07) is 8.01. The van der Waals surface area contributed by atoms with E-state index in [-0.39, 0.29) is 15.8 Å². The summed E-state index contributed by atoms with van der Waals surface area (Å²) in [6.45, 7) is 1.48. The molecule has 28 heavy (non-hydrogen) atoms. The van der Waals surface area contributed by atoms with Gasteiger partial charge in [0.15, 0.2) is 5.82 Å². The van der Waals surface area contributed by atoms with E-state index >= 15 is 0 Å². The lowest BCUT2D eigenvalue weighted by molar-refractivity contribution is 0.370. The largest absolute Gasteiger partial charge is 0.302 e. The Balaban J connectivity index is 1.98. The number of nitrogens with zero attached hydrogens (tertiary/aromatic N) is 2. The Morgan fingerprint density at radius 3 is 2.46 bits per heavy atom. The highest BCUT2D eigenvalue weighted by Crippen LogP contribution is 2.35. The molecule has 0 spiro atoms. The number of hydrogen-bond donors (Lipinski definition) is 0. The predicted molar refractivity (Wildman–Crippen MR) is 109 cm³/mol. The van der Waals surface area contributed by atoms with Crippen LogP contribution in [0.5, 0.6) is 0 Å². The number of fused-ring (bicyclic) bond motifs is 1. The van der Waals surface area contributed by atoms with Crippen LogP contribution >= 0.6 is 15.9 Å². The van der Waals surface area contributed by atoms with Crippen molar-refractivity contribution in [2.45, 2.75) is 11.3 Å². The van der Waals surface area contributed by atoms with Crippen molar-refractivity contribution in [2.24, 2.45) is 0 Å². The van der Waals surface area contributed by atoms with Crippen LogP contribution < -0.4 is 0 Å². The molecular weight excluding hydrogens is 450 g/mol. The highest BCUT2D eigenvalue weighted by Gasteiger charge is 2.26. The maximum Gasteiger partial charge on any atom is 0.268 e. The first-order valence-corrected chi connectivity index (χ1v) is 10.9. The highest BCUT2D eigenvalue weighted by molar-refractivity contribution is 9.10. The van der Waals surface area contributed by atoms with Crippen LogP contribution in [0.2, 0.25) is 0 Å². The molecule has 0 saturated heterocycles. The number of aromatic nitrogens is 1. The molecule has 0 atom stereocenters. The summed E-state index contributed by atoms with van der Waals surface area (Å²) in [6.07, 6.45) is 4.05. The summed E-state index contributed by atoms with van der Waals surface area (Å²) in [5.41, 5.74) is 1.29. The van der Waals surface area contributed by atoms with E-state index in [4.69, 9.17) is 0 Å². The lowest BCUT2D eigenvalue weighted by Crippen LogP contribution is -2.23. The summed E-state index contributed by atoms with van der Waals surface area (Å²) in [4.78, 5) is 2.14. The first kappa shape index (κ1) is 19.3. The van der Waals surface area contributed by atoms with Crippen LogP contribution in [0.4, 0.5) is 8.78 Å². The molecule has 0 unspecified atom stereocenters.